The minimum Gasteiger partial charge on any atom is -0.387 e. The van der Waals surface area contributed by atoms with Crippen LogP contribution in [0.25, 0.3) is 0 Å². The molecular weight excluding hydrogens is 266 g/mol. The molecule has 112 valence electrons. The van der Waals surface area contributed by atoms with E-state index in [1.165, 1.54) is 0 Å². The highest BCUT2D eigenvalue weighted by molar-refractivity contribution is 5.28. The lowest BCUT2D eigenvalue weighted by Gasteiger charge is -2.18. The summed E-state index contributed by atoms with van der Waals surface area (Å²) < 4.78 is 0. The summed E-state index contributed by atoms with van der Waals surface area (Å²) in [7, 11) is 0. The molecule has 2 rings (SSSR count). The number of anilines is 1. The molecule has 1 aromatic carbocycles. The summed E-state index contributed by atoms with van der Waals surface area (Å²) >= 11 is 0. The van der Waals surface area contributed by atoms with Gasteiger partial charge in [0.05, 0.1) is 6.10 Å². The topological polar surface area (TPSA) is 96.1 Å². The van der Waals surface area contributed by atoms with Gasteiger partial charge in [-0.3, -0.25) is 11.1 Å². The SMILES string of the molecule is Cc1cc(C)nc(NC(N)NCC(O)c2ccccc2)n1. The fourth-order valence-electron chi connectivity index (χ4n) is 2.01. The third-order valence-corrected chi connectivity index (χ3v) is 2.98. The van der Waals surface area contributed by atoms with Crippen LogP contribution in [0.3, 0.4) is 0 Å². The van der Waals surface area contributed by atoms with Gasteiger partial charge in [0.1, 0.15) is 6.29 Å². The van der Waals surface area contributed by atoms with E-state index >= 15 is 0 Å². The number of nitrogens with zero attached hydrogens (tertiary/aromatic N) is 2. The molecule has 1 aromatic heterocycles. The lowest BCUT2D eigenvalue weighted by atomic mass is 10.1. The number of rotatable bonds is 6. The second kappa shape index (κ2) is 7.12. The predicted molar refractivity (Wildman–Crippen MR) is 82.5 cm³/mol. The number of nitrogens with two attached hydrogens (primary N) is 1. The average molecular weight is 287 g/mol. The fraction of sp³-hybridized carbons (Fsp3) is 0.333. The maximum atomic E-state index is 10.0. The molecule has 0 aliphatic carbocycles. The van der Waals surface area contributed by atoms with Crippen molar-refractivity contribution in [1.29, 1.82) is 0 Å². The lowest BCUT2D eigenvalue weighted by Crippen LogP contribution is -2.46. The number of aliphatic hydroxyl groups is 1. The van der Waals surface area contributed by atoms with Crippen molar-refractivity contribution in [2.24, 2.45) is 5.73 Å². The fourth-order valence-corrected chi connectivity index (χ4v) is 2.01. The number of aryl methyl sites for hydroxylation is 2. The molecule has 0 aliphatic heterocycles. The Bertz CT molecular complexity index is 555. The van der Waals surface area contributed by atoms with Gasteiger partial charge in [-0.1, -0.05) is 30.3 Å². The van der Waals surface area contributed by atoms with Crippen LogP contribution in [0.5, 0.6) is 0 Å². The van der Waals surface area contributed by atoms with Crippen LogP contribution in [-0.2, 0) is 0 Å². The highest BCUT2D eigenvalue weighted by atomic mass is 16.3. The molecule has 0 aliphatic rings. The Morgan fingerprint density at radius 1 is 1.14 bits per heavy atom. The molecule has 5 N–H and O–H groups in total. The second-order valence-electron chi connectivity index (χ2n) is 4.93. The van der Waals surface area contributed by atoms with Crippen molar-refractivity contribution in [3.05, 3.63) is 53.3 Å². The second-order valence-corrected chi connectivity index (χ2v) is 4.93. The Hall–Kier alpha value is -2.02. The first-order valence-corrected chi connectivity index (χ1v) is 6.85. The monoisotopic (exact) mass is 287 g/mol. The van der Waals surface area contributed by atoms with Crippen molar-refractivity contribution in [2.45, 2.75) is 26.2 Å². The molecule has 0 bridgehead atoms. The summed E-state index contributed by atoms with van der Waals surface area (Å²) in [5, 5.41) is 16.0. The zero-order chi connectivity index (χ0) is 15.2. The zero-order valence-corrected chi connectivity index (χ0v) is 12.2. The number of hydrogen-bond acceptors (Lipinski definition) is 6. The standard InChI is InChI=1S/C15H21N5O/c1-10-8-11(2)19-15(18-10)20-14(16)17-9-13(21)12-6-4-3-5-7-12/h3-8,13-14,17,21H,9,16H2,1-2H3,(H,18,19,20). The molecule has 21 heavy (non-hydrogen) atoms. The Morgan fingerprint density at radius 3 is 2.38 bits per heavy atom. The van der Waals surface area contributed by atoms with E-state index in [1.807, 2.05) is 50.2 Å². The lowest BCUT2D eigenvalue weighted by molar-refractivity contribution is 0.171. The van der Waals surface area contributed by atoms with Crippen LogP contribution in [0.1, 0.15) is 23.1 Å². The first-order chi connectivity index (χ1) is 10.0. The van der Waals surface area contributed by atoms with Crippen molar-refractivity contribution in [1.82, 2.24) is 15.3 Å². The van der Waals surface area contributed by atoms with Gasteiger partial charge >= 0.3 is 0 Å². The van der Waals surface area contributed by atoms with Gasteiger partial charge in [-0.15, -0.1) is 0 Å². The normalized spacial score (nSPS) is 13.7. The van der Waals surface area contributed by atoms with Crippen molar-refractivity contribution < 1.29 is 5.11 Å². The average Bonchev–Trinajstić information content (AvgIpc) is 2.44. The molecule has 0 spiro atoms. The van der Waals surface area contributed by atoms with Crippen molar-refractivity contribution >= 4 is 5.95 Å². The van der Waals surface area contributed by atoms with E-state index in [0.717, 1.165) is 17.0 Å². The number of aromatic nitrogens is 2. The molecule has 2 atom stereocenters. The van der Waals surface area contributed by atoms with Gasteiger partial charge in [0.2, 0.25) is 5.95 Å². The minimum atomic E-state index is -0.612. The number of nitrogens with one attached hydrogen (secondary N) is 2. The van der Waals surface area contributed by atoms with Crippen molar-refractivity contribution in [3.8, 4) is 0 Å². The van der Waals surface area contributed by atoms with Crippen LogP contribution in [0.2, 0.25) is 0 Å². The smallest absolute Gasteiger partial charge is 0.225 e. The number of hydrogen-bond donors (Lipinski definition) is 4. The van der Waals surface area contributed by atoms with Crippen LogP contribution in [0, 0.1) is 13.8 Å². The molecule has 1 heterocycles. The Kier molecular flexibility index (Phi) is 5.21. The zero-order valence-electron chi connectivity index (χ0n) is 12.2. The highest BCUT2D eigenvalue weighted by Crippen LogP contribution is 2.10. The summed E-state index contributed by atoms with van der Waals surface area (Å²) in [6.07, 6.45) is -1.15. The summed E-state index contributed by atoms with van der Waals surface area (Å²) in [6.45, 7) is 4.14. The summed E-state index contributed by atoms with van der Waals surface area (Å²) in [6, 6.07) is 11.3. The molecule has 0 saturated heterocycles. The molecule has 6 nitrogen and oxygen atoms in total. The van der Waals surface area contributed by atoms with Gasteiger partial charge in [0.25, 0.3) is 0 Å². The molecule has 2 aromatic rings. The highest BCUT2D eigenvalue weighted by Gasteiger charge is 2.10. The van der Waals surface area contributed by atoms with E-state index in [0.29, 0.717) is 12.5 Å². The Balaban J connectivity index is 1.86. The third kappa shape index (κ3) is 4.78. The maximum Gasteiger partial charge on any atom is 0.225 e. The molecule has 0 radical (unpaired) electrons. The summed E-state index contributed by atoms with van der Waals surface area (Å²) in [5.41, 5.74) is 8.52. The van der Waals surface area contributed by atoms with E-state index in [2.05, 4.69) is 20.6 Å². The number of benzene rings is 1. The van der Waals surface area contributed by atoms with E-state index < -0.39 is 12.4 Å². The minimum absolute atomic E-state index is 0.336. The molecule has 0 saturated carbocycles. The molecular formula is C15H21N5O. The van der Waals surface area contributed by atoms with E-state index in [9.17, 15) is 5.11 Å². The van der Waals surface area contributed by atoms with Crippen molar-refractivity contribution in [3.63, 3.8) is 0 Å². The van der Waals surface area contributed by atoms with E-state index in [4.69, 9.17) is 5.73 Å². The Labute approximate surface area is 124 Å². The van der Waals surface area contributed by atoms with Gasteiger partial charge in [0, 0.05) is 17.9 Å². The predicted octanol–water partition coefficient (Wildman–Crippen LogP) is 1.07. The van der Waals surface area contributed by atoms with Crippen LogP contribution in [0.15, 0.2) is 36.4 Å². The first-order valence-electron chi connectivity index (χ1n) is 6.85. The van der Waals surface area contributed by atoms with E-state index in [-0.39, 0.29) is 0 Å². The summed E-state index contributed by atoms with van der Waals surface area (Å²) in [4.78, 5) is 8.51. The Morgan fingerprint density at radius 2 is 1.76 bits per heavy atom. The molecule has 2 unspecified atom stereocenters. The quantitative estimate of drug-likeness (QED) is 0.594. The molecule has 0 fully saturated rings. The molecule has 6 heteroatoms. The largest absolute Gasteiger partial charge is 0.387 e. The maximum absolute atomic E-state index is 10.0. The van der Waals surface area contributed by atoms with E-state index in [1.54, 1.807) is 0 Å². The van der Waals surface area contributed by atoms with Crippen molar-refractivity contribution in [2.75, 3.05) is 11.9 Å². The number of aliphatic hydroxyl groups excluding tert-OH is 1. The van der Waals surface area contributed by atoms with Gasteiger partial charge < -0.3 is 10.4 Å². The summed E-state index contributed by atoms with van der Waals surface area (Å²) in [5.74, 6) is 0.474. The van der Waals surface area contributed by atoms with Crippen LogP contribution < -0.4 is 16.4 Å². The van der Waals surface area contributed by atoms with Gasteiger partial charge in [-0.2, -0.15) is 0 Å². The van der Waals surface area contributed by atoms with Crippen LogP contribution >= 0.6 is 0 Å². The first kappa shape index (κ1) is 15.4. The molecule has 0 amide bonds. The van der Waals surface area contributed by atoms with Gasteiger partial charge in [-0.05, 0) is 25.5 Å². The third-order valence-electron chi connectivity index (χ3n) is 2.98. The van der Waals surface area contributed by atoms with Gasteiger partial charge in [0.15, 0.2) is 0 Å². The van der Waals surface area contributed by atoms with Crippen LogP contribution in [0.4, 0.5) is 5.95 Å². The van der Waals surface area contributed by atoms with Crippen LogP contribution in [-0.4, -0.2) is 27.9 Å². The van der Waals surface area contributed by atoms with Gasteiger partial charge in [-0.25, -0.2) is 9.97 Å².